The Balaban J connectivity index is 1.39. The summed E-state index contributed by atoms with van der Waals surface area (Å²) in [5, 5.41) is 17.5. The van der Waals surface area contributed by atoms with Gasteiger partial charge in [0.1, 0.15) is 5.82 Å². The Kier molecular flexibility index (Phi) is 4.82. The van der Waals surface area contributed by atoms with Crippen LogP contribution >= 0.6 is 0 Å². The minimum absolute atomic E-state index is 0.226. The fraction of sp³-hybridized carbons (Fsp3) is 0.308. The molecule has 4 aromatic rings. The molecule has 6 rings (SSSR count). The Bertz CT molecular complexity index is 1320. The Hall–Kier alpha value is -3.74. The molecule has 1 saturated carbocycles. The number of benzene rings is 1. The molecule has 1 aromatic carbocycles. The van der Waals surface area contributed by atoms with Crippen LogP contribution in [0, 0.1) is 5.92 Å². The largest absolute Gasteiger partial charge is 0.481 e. The molecule has 3 aromatic heterocycles. The molecule has 0 saturated heterocycles. The van der Waals surface area contributed by atoms with Gasteiger partial charge in [0.25, 0.3) is 0 Å². The molecule has 166 valence electrons. The number of nitrogens with one attached hydrogen (secondary N) is 1. The molecule has 4 heterocycles. The standard InChI is InChI=1S/C26H25N5O2/c32-26(33)18-8-6-17(7-9-18)23-20-12-13-27-24(20)31-25(30-23)21(15-29-31)19-10-11-22(28-14-19)16-4-2-1-3-5-16/h1-5,10-11,14-15,17-18,27H,6-9,12-13H2,(H,32,33). The van der Waals surface area contributed by atoms with Crippen molar-refractivity contribution in [2.45, 2.75) is 38.0 Å². The zero-order valence-electron chi connectivity index (χ0n) is 18.2. The van der Waals surface area contributed by atoms with Crippen LogP contribution in [-0.4, -0.2) is 37.2 Å². The van der Waals surface area contributed by atoms with Gasteiger partial charge in [-0.3, -0.25) is 9.78 Å². The SMILES string of the molecule is O=C(O)C1CCC(c2nc3c(-c4ccc(-c5ccccc5)nc4)cnn3c3c2CCN3)CC1. The van der Waals surface area contributed by atoms with Gasteiger partial charge in [-0.25, -0.2) is 4.98 Å². The normalized spacial score (nSPS) is 19.9. The van der Waals surface area contributed by atoms with E-state index >= 15 is 0 Å². The van der Waals surface area contributed by atoms with E-state index < -0.39 is 5.97 Å². The summed E-state index contributed by atoms with van der Waals surface area (Å²) < 4.78 is 1.91. The molecule has 33 heavy (non-hydrogen) atoms. The van der Waals surface area contributed by atoms with Crippen molar-refractivity contribution in [2.75, 3.05) is 11.9 Å². The number of anilines is 1. The van der Waals surface area contributed by atoms with Crippen molar-refractivity contribution >= 4 is 17.4 Å². The Morgan fingerprint density at radius 1 is 1.00 bits per heavy atom. The number of pyridine rings is 1. The monoisotopic (exact) mass is 439 g/mol. The molecule has 0 atom stereocenters. The second kappa shape index (κ2) is 7.99. The molecular formula is C26H25N5O2. The van der Waals surface area contributed by atoms with Crippen molar-refractivity contribution in [3.8, 4) is 22.4 Å². The van der Waals surface area contributed by atoms with E-state index in [1.807, 2.05) is 41.2 Å². The first kappa shape index (κ1) is 19.9. The van der Waals surface area contributed by atoms with E-state index in [0.717, 1.165) is 65.4 Å². The highest BCUT2D eigenvalue weighted by Gasteiger charge is 2.32. The topological polar surface area (TPSA) is 92.4 Å². The third-order valence-corrected chi connectivity index (χ3v) is 7.05. The number of carboxylic acid groups (broad SMARTS) is 1. The fourth-order valence-corrected chi connectivity index (χ4v) is 5.27. The number of carboxylic acids is 1. The average molecular weight is 440 g/mol. The summed E-state index contributed by atoms with van der Waals surface area (Å²) in [5.74, 6) is 0.417. The number of nitrogens with zero attached hydrogens (tertiary/aromatic N) is 4. The molecule has 0 amide bonds. The highest BCUT2D eigenvalue weighted by atomic mass is 16.4. The number of aliphatic carboxylic acids is 1. The molecule has 7 heteroatoms. The van der Waals surface area contributed by atoms with Gasteiger partial charge in [-0.2, -0.15) is 9.61 Å². The van der Waals surface area contributed by atoms with Crippen LogP contribution in [0.3, 0.4) is 0 Å². The highest BCUT2D eigenvalue weighted by Crippen LogP contribution is 2.40. The van der Waals surface area contributed by atoms with E-state index in [1.54, 1.807) is 0 Å². The molecule has 1 fully saturated rings. The summed E-state index contributed by atoms with van der Waals surface area (Å²) >= 11 is 0. The number of hydrogen-bond donors (Lipinski definition) is 2. The summed E-state index contributed by atoms with van der Waals surface area (Å²) in [6.45, 7) is 0.871. The van der Waals surface area contributed by atoms with Crippen LogP contribution in [0.25, 0.3) is 28.0 Å². The van der Waals surface area contributed by atoms with Crippen molar-refractivity contribution in [3.63, 3.8) is 0 Å². The zero-order valence-corrected chi connectivity index (χ0v) is 18.2. The van der Waals surface area contributed by atoms with Gasteiger partial charge >= 0.3 is 5.97 Å². The van der Waals surface area contributed by atoms with Crippen LogP contribution < -0.4 is 5.32 Å². The fourth-order valence-electron chi connectivity index (χ4n) is 5.27. The maximum atomic E-state index is 11.4. The second-order valence-electron chi connectivity index (χ2n) is 8.98. The van der Waals surface area contributed by atoms with Crippen LogP contribution in [0.1, 0.15) is 42.9 Å². The van der Waals surface area contributed by atoms with Gasteiger partial charge in [-0.1, -0.05) is 36.4 Å². The lowest BCUT2D eigenvalue weighted by Crippen LogP contribution is -2.21. The van der Waals surface area contributed by atoms with Crippen molar-refractivity contribution in [1.29, 1.82) is 0 Å². The number of hydrogen-bond acceptors (Lipinski definition) is 5. The van der Waals surface area contributed by atoms with Crippen LogP contribution in [0.15, 0.2) is 54.9 Å². The summed E-state index contributed by atoms with van der Waals surface area (Å²) in [6, 6.07) is 14.2. The van der Waals surface area contributed by atoms with Crippen LogP contribution in [0.5, 0.6) is 0 Å². The minimum Gasteiger partial charge on any atom is -0.481 e. The van der Waals surface area contributed by atoms with Crippen molar-refractivity contribution < 1.29 is 9.90 Å². The lowest BCUT2D eigenvalue weighted by molar-refractivity contribution is -0.142. The zero-order chi connectivity index (χ0) is 22.4. The predicted molar refractivity (Wildman–Crippen MR) is 126 cm³/mol. The average Bonchev–Trinajstić information content (AvgIpc) is 3.51. The Morgan fingerprint density at radius 2 is 1.82 bits per heavy atom. The van der Waals surface area contributed by atoms with Gasteiger partial charge in [-0.15, -0.1) is 0 Å². The van der Waals surface area contributed by atoms with Crippen molar-refractivity contribution in [1.82, 2.24) is 19.6 Å². The molecule has 1 aliphatic carbocycles. The maximum absolute atomic E-state index is 11.4. The lowest BCUT2D eigenvalue weighted by atomic mass is 9.79. The van der Waals surface area contributed by atoms with Crippen LogP contribution in [0.4, 0.5) is 5.82 Å². The highest BCUT2D eigenvalue weighted by molar-refractivity contribution is 5.79. The van der Waals surface area contributed by atoms with E-state index in [4.69, 9.17) is 4.98 Å². The lowest BCUT2D eigenvalue weighted by Gasteiger charge is -2.27. The predicted octanol–water partition coefficient (Wildman–Crippen LogP) is 4.78. The van der Waals surface area contributed by atoms with Gasteiger partial charge in [0, 0.05) is 40.9 Å². The number of aromatic nitrogens is 4. The molecule has 2 N–H and O–H groups in total. The van der Waals surface area contributed by atoms with Gasteiger partial charge in [0.2, 0.25) is 0 Å². The van der Waals surface area contributed by atoms with E-state index in [9.17, 15) is 9.90 Å². The third kappa shape index (κ3) is 3.44. The summed E-state index contributed by atoms with van der Waals surface area (Å²) in [4.78, 5) is 21.2. The summed E-state index contributed by atoms with van der Waals surface area (Å²) in [7, 11) is 0. The van der Waals surface area contributed by atoms with Crippen molar-refractivity contribution in [3.05, 3.63) is 66.1 Å². The van der Waals surface area contributed by atoms with Gasteiger partial charge < -0.3 is 10.4 Å². The summed E-state index contributed by atoms with van der Waals surface area (Å²) in [5.41, 5.74) is 7.13. The van der Waals surface area contributed by atoms with E-state index in [1.165, 1.54) is 5.56 Å². The van der Waals surface area contributed by atoms with Crippen LogP contribution in [-0.2, 0) is 11.2 Å². The van der Waals surface area contributed by atoms with Crippen LogP contribution in [0.2, 0.25) is 0 Å². The Morgan fingerprint density at radius 3 is 2.55 bits per heavy atom. The minimum atomic E-state index is -0.673. The first-order valence-electron chi connectivity index (χ1n) is 11.6. The van der Waals surface area contributed by atoms with Gasteiger partial charge in [-0.05, 0) is 38.2 Å². The number of carbonyl (C=O) groups is 1. The molecule has 2 aliphatic rings. The molecule has 0 radical (unpaired) electrons. The molecular weight excluding hydrogens is 414 g/mol. The van der Waals surface area contributed by atoms with E-state index in [-0.39, 0.29) is 5.92 Å². The summed E-state index contributed by atoms with van der Waals surface area (Å²) in [6.07, 6.45) is 7.84. The van der Waals surface area contributed by atoms with Gasteiger partial charge in [0.15, 0.2) is 5.65 Å². The van der Waals surface area contributed by atoms with E-state index in [2.05, 4.69) is 33.6 Å². The first-order valence-corrected chi connectivity index (χ1v) is 11.6. The third-order valence-electron chi connectivity index (χ3n) is 7.05. The molecule has 0 spiro atoms. The number of fused-ring (bicyclic) bond motifs is 3. The molecule has 7 nitrogen and oxygen atoms in total. The smallest absolute Gasteiger partial charge is 0.306 e. The molecule has 1 aliphatic heterocycles. The van der Waals surface area contributed by atoms with Crippen molar-refractivity contribution in [2.24, 2.45) is 5.92 Å². The second-order valence-corrected chi connectivity index (χ2v) is 8.98. The molecule has 0 bridgehead atoms. The molecule has 0 unspecified atom stereocenters. The first-order chi connectivity index (χ1) is 16.2. The van der Waals surface area contributed by atoms with E-state index in [0.29, 0.717) is 18.8 Å². The van der Waals surface area contributed by atoms with Gasteiger partial charge in [0.05, 0.1) is 23.5 Å². The number of rotatable bonds is 4. The maximum Gasteiger partial charge on any atom is 0.306 e. The quantitative estimate of drug-likeness (QED) is 0.475. The Labute approximate surface area is 191 Å².